The molecule has 0 saturated heterocycles. The van der Waals surface area contributed by atoms with E-state index in [0.29, 0.717) is 73.2 Å². The monoisotopic (exact) mass is 815 g/mol. The molecule has 6 rings (SSSR count). The van der Waals surface area contributed by atoms with Gasteiger partial charge >= 0.3 is 5.91 Å². The number of carbonyl (C=O) groups is 4. The number of allylic oxidation sites excluding steroid dienone is 2. The minimum absolute atomic E-state index is 0.0388. The lowest BCUT2D eigenvalue weighted by Gasteiger charge is -2.12. The smallest absolute Gasteiger partial charge is 0.317 e. The van der Waals surface area contributed by atoms with Crippen LogP contribution in [-0.4, -0.2) is 73.1 Å². The number of nitrogens with zero attached hydrogens (tertiary/aromatic N) is 6. The Hall–Kier alpha value is -6.18. The number of nitrogens with two attached hydrogens (primary N) is 2. The molecule has 4 amide bonds. The number of amides is 4. The Morgan fingerprint density at radius 2 is 1.60 bits per heavy atom. The first-order chi connectivity index (χ1) is 27.4. The third kappa shape index (κ3) is 8.49. The van der Waals surface area contributed by atoms with Crippen molar-refractivity contribution >= 4 is 73.5 Å². The van der Waals surface area contributed by atoms with E-state index >= 15 is 0 Å². The van der Waals surface area contributed by atoms with Crippen molar-refractivity contribution in [2.75, 3.05) is 25.6 Å². The summed E-state index contributed by atoms with van der Waals surface area (Å²) in [6.45, 7) is 7.60. The zero-order valence-corrected chi connectivity index (χ0v) is 33.5. The highest BCUT2D eigenvalue weighted by molar-refractivity contribution is 7.16. The molecule has 6 aromatic rings. The van der Waals surface area contributed by atoms with Gasteiger partial charge in [-0.1, -0.05) is 37.3 Å². The lowest BCUT2D eigenvalue weighted by molar-refractivity contribution is 0.0965. The predicted octanol–water partition coefficient (Wildman–Crippen LogP) is 4.46. The third-order valence-corrected chi connectivity index (χ3v) is 10.8. The number of imidazole rings is 1. The zero-order valence-electron chi connectivity index (χ0n) is 31.9. The Kier molecular flexibility index (Phi) is 12.3. The number of aliphatic hydroxyl groups is 1. The second kappa shape index (κ2) is 17.3. The van der Waals surface area contributed by atoms with Crippen LogP contribution in [0.4, 0.5) is 5.95 Å². The van der Waals surface area contributed by atoms with Gasteiger partial charge in [-0.05, 0) is 44.0 Å². The summed E-state index contributed by atoms with van der Waals surface area (Å²) in [7, 11) is 1.46. The lowest BCUT2D eigenvalue weighted by atomic mass is 10.1. The van der Waals surface area contributed by atoms with Gasteiger partial charge in [0.15, 0.2) is 10.7 Å². The van der Waals surface area contributed by atoms with Crippen molar-refractivity contribution in [3.05, 3.63) is 85.3 Å². The summed E-state index contributed by atoms with van der Waals surface area (Å²) in [4.78, 5) is 70.3. The van der Waals surface area contributed by atoms with E-state index in [-0.39, 0.29) is 54.9 Å². The summed E-state index contributed by atoms with van der Waals surface area (Å²) in [5, 5.41) is 13.1. The van der Waals surface area contributed by atoms with E-state index in [9.17, 15) is 24.3 Å². The first-order valence-electron chi connectivity index (χ1n) is 17.9. The average molecular weight is 816 g/mol. The molecule has 0 aliphatic rings. The Labute approximate surface area is 333 Å². The van der Waals surface area contributed by atoms with Crippen LogP contribution in [-0.2, 0) is 25.9 Å². The summed E-state index contributed by atoms with van der Waals surface area (Å²) in [6, 6.07) is 6.16. The van der Waals surface area contributed by atoms with Gasteiger partial charge in [-0.3, -0.25) is 24.5 Å². The number of aliphatic hydroxyl groups excluding tert-OH is 1. The number of fused-ring (bicyclic) bond motifs is 2. The van der Waals surface area contributed by atoms with Crippen molar-refractivity contribution in [1.29, 1.82) is 0 Å². The van der Waals surface area contributed by atoms with Gasteiger partial charge in [0.05, 0.1) is 40.3 Å². The lowest BCUT2D eigenvalue weighted by Crippen LogP contribution is -2.17. The van der Waals surface area contributed by atoms with E-state index in [0.717, 1.165) is 5.01 Å². The first-order valence-corrected chi connectivity index (χ1v) is 19.6. The molecule has 0 radical (unpaired) electrons. The van der Waals surface area contributed by atoms with Crippen LogP contribution in [0.3, 0.4) is 0 Å². The van der Waals surface area contributed by atoms with Crippen LogP contribution in [0.2, 0.25) is 0 Å². The number of ether oxygens (including phenoxy) is 2. The third-order valence-electron chi connectivity index (χ3n) is 8.74. The van der Waals surface area contributed by atoms with Crippen LogP contribution in [0.25, 0.3) is 21.3 Å². The molecule has 0 spiro atoms. The highest BCUT2D eigenvalue weighted by Gasteiger charge is 2.23. The number of primary amides is 2. The molecule has 17 nitrogen and oxygen atoms in total. The molecule has 0 saturated carbocycles. The molecule has 0 aliphatic carbocycles. The van der Waals surface area contributed by atoms with Gasteiger partial charge in [0.25, 0.3) is 5.91 Å². The molecule has 4 heterocycles. The molecule has 4 aromatic heterocycles. The van der Waals surface area contributed by atoms with Gasteiger partial charge in [0, 0.05) is 44.2 Å². The molecule has 0 bridgehead atoms. The maximum absolute atomic E-state index is 13.7. The molecule has 0 unspecified atom stereocenters. The number of benzene rings is 2. The second-order valence-corrected chi connectivity index (χ2v) is 14.8. The van der Waals surface area contributed by atoms with E-state index < -0.39 is 23.6 Å². The summed E-state index contributed by atoms with van der Waals surface area (Å²) in [6.07, 6.45) is 5.00. The molecular formula is C38H41N9O8S2. The normalized spacial score (nSPS) is 11.9. The van der Waals surface area contributed by atoms with E-state index in [1.807, 2.05) is 32.9 Å². The molecular weight excluding hydrogens is 775 g/mol. The average Bonchev–Trinajstić information content (AvgIpc) is 3.95. The molecule has 0 aliphatic heterocycles. The van der Waals surface area contributed by atoms with Gasteiger partial charge < -0.3 is 39.6 Å². The van der Waals surface area contributed by atoms with Crippen LogP contribution >= 0.6 is 22.7 Å². The van der Waals surface area contributed by atoms with E-state index in [4.69, 9.17) is 30.3 Å². The minimum Gasteiger partial charge on any atom is -0.494 e. The van der Waals surface area contributed by atoms with Crippen molar-refractivity contribution in [3.63, 3.8) is 0 Å². The van der Waals surface area contributed by atoms with Gasteiger partial charge in [0.1, 0.15) is 27.4 Å². The number of rotatable bonds is 16. The topological polar surface area (TPSA) is 245 Å². The number of oxazole rings is 1. The molecule has 0 fully saturated rings. The molecule has 2 aromatic carbocycles. The van der Waals surface area contributed by atoms with Gasteiger partial charge in [0.2, 0.25) is 23.5 Å². The van der Waals surface area contributed by atoms with Crippen LogP contribution < -0.4 is 31.1 Å². The van der Waals surface area contributed by atoms with Crippen LogP contribution in [0.1, 0.15) is 83.5 Å². The fourth-order valence-corrected chi connectivity index (χ4v) is 8.15. The first kappa shape index (κ1) is 40.5. The Bertz CT molecular complexity index is 2630. The molecule has 298 valence electrons. The van der Waals surface area contributed by atoms with Crippen molar-refractivity contribution in [1.82, 2.24) is 24.1 Å². The number of carbonyl (C=O) groups excluding carboxylic acids is 4. The summed E-state index contributed by atoms with van der Waals surface area (Å²) < 4.78 is 21.4. The van der Waals surface area contributed by atoms with Gasteiger partial charge in [-0.15, -0.1) is 11.3 Å². The maximum atomic E-state index is 13.7. The molecule has 19 heteroatoms. The predicted molar refractivity (Wildman–Crippen MR) is 214 cm³/mol. The number of aryl methyl sites for hydroxylation is 4. The number of aromatic nitrogens is 5. The van der Waals surface area contributed by atoms with Gasteiger partial charge in [-0.2, -0.15) is 4.99 Å². The van der Waals surface area contributed by atoms with E-state index in [2.05, 4.69) is 20.3 Å². The van der Waals surface area contributed by atoms with Crippen LogP contribution in [0, 0.1) is 13.8 Å². The van der Waals surface area contributed by atoms with E-state index in [1.165, 1.54) is 48.0 Å². The fourth-order valence-electron chi connectivity index (χ4n) is 6.15. The highest BCUT2D eigenvalue weighted by Crippen LogP contribution is 2.33. The van der Waals surface area contributed by atoms with Crippen molar-refractivity contribution in [2.24, 2.45) is 16.5 Å². The summed E-state index contributed by atoms with van der Waals surface area (Å²) in [5.74, 6) is -1.19. The number of hydrogen-bond acceptors (Lipinski definition) is 13. The summed E-state index contributed by atoms with van der Waals surface area (Å²) >= 11 is 2.44. The van der Waals surface area contributed by atoms with Crippen LogP contribution in [0.15, 0.2) is 45.8 Å². The van der Waals surface area contributed by atoms with Crippen molar-refractivity contribution in [3.8, 4) is 11.5 Å². The maximum Gasteiger partial charge on any atom is 0.317 e. The molecule has 57 heavy (non-hydrogen) atoms. The second-order valence-electron chi connectivity index (χ2n) is 12.6. The summed E-state index contributed by atoms with van der Waals surface area (Å²) in [5.41, 5.74) is 14.2. The zero-order chi connectivity index (χ0) is 41.0. The largest absolute Gasteiger partial charge is 0.494 e. The van der Waals surface area contributed by atoms with Crippen molar-refractivity contribution < 1.29 is 38.2 Å². The SMILES string of the molecule is CCc1nc(C)oc1C(=O)N=c1sc2cc(C(N)=O)cc(OC)c2n1C/C=C/Cn1c(NC(=O)c2sc(C)nc2CC)nc2cc(C(N)=O)cc(OCCCO)c21. The Balaban J connectivity index is 1.44. The number of methoxy groups -OCH3 is 1. The minimum atomic E-state index is -0.695. The van der Waals surface area contributed by atoms with E-state index in [1.54, 1.807) is 22.1 Å². The van der Waals surface area contributed by atoms with Crippen LogP contribution in [0.5, 0.6) is 11.5 Å². The van der Waals surface area contributed by atoms with Gasteiger partial charge in [-0.25, -0.2) is 15.0 Å². The number of nitrogens with one attached hydrogen (secondary N) is 1. The number of anilines is 1. The number of hydrogen-bond donors (Lipinski definition) is 4. The number of thiazole rings is 2. The highest BCUT2D eigenvalue weighted by atomic mass is 32.1. The standard InChI is InChI=1S/C38H41N9O8S2/c1-6-23-31(55-19(3)41-23)35(51)45-38-47(30-26(53-5)16-22(34(40)50)18-28(30)57-38)12-9-8-11-46-29-25(15-21(33(39)49)17-27(29)54-14-10-13-48)43-37(46)44-36(52)32-24(7-2)42-20(4)56-32/h8-9,15-18,48H,6-7,10-14H2,1-5H3,(H2,39,49)(H2,40,50)(H,43,44,52)/b9-8+,45-38?. The quantitative estimate of drug-likeness (QED) is 0.0785. The molecule has 6 N–H and O–H groups in total. The van der Waals surface area contributed by atoms with Crippen molar-refractivity contribution in [2.45, 2.75) is 60.0 Å². The Morgan fingerprint density at radius 1 is 0.912 bits per heavy atom. The fraction of sp³-hybridized carbons (Fsp3) is 0.316. The Morgan fingerprint density at radius 3 is 2.26 bits per heavy atom. The molecule has 0 atom stereocenters.